The quantitative estimate of drug-likeness (QED) is 0.699. The van der Waals surface area contributed by atoms with E-state index in [0.29, 0.717) is 6.61 Å². The zero-order valence-corrected chi connectivity index (χ0v) is 9.26. The van der Waals surface area contributed by atoms with Crippen LogP contribution >= 0.6 is 0 Å². The van der Waals surface area contributed by atoms with Gasteiger partial charge >= 0.3 is 0 Å². The molecule has 0 unspecified atom stereocenters. The van der Waals surface area contributed by atoms with Crippen molar-refractivity contribution in [3.8, 4) is 5.75 Å². The number of hydrogen-bond donors (Lipinski definition) is 0. The third-order valence-corrected chi connectivity index (χ3v) is 2.60. The van der Waals surface area contributed by atoms with Crippen molar-refractivity contribution < 1.29 is 9.53 Å². The van der Waals surface area contributed by atoms with Gasteiger partial charge in [0.15, 0.2) is 5.78 Å². The van der Waals surface area contributed by atoms with Crippen LogP contribution in [0.5, 0.6) is 5.75 Å². The van der Waals surface area contributed by atoms with E-state index in [9.17, 15) is 4.79 Å². The molecule has 2 nitrogen and oxygen atoms in total. The lowest BCUT2D eigenvalue weighted by atomic mass is 10.00. The summed E-state index contributed by atoms with van der Waals surface area (Å²) in [5.41, 5.74) is 4.08. The maximum atomic E-state index is 11.2. The summed E-state index contributed by atoms with van der Waals surface area (Å²) in [5, 5.41) is 0. The maximum absolute atomic E-state index is 11.2. The fraction of sp³-hybridized carbons (Fsp3) is 0.308. The normalized spacial score (nSPS) is 13.9. The largest absolute Gasteiger partial charge is 0.488 e. The van der Waals surface area contributed by atoms with Crippen LogP contribution in [0.4, 0.5) is 0 Å². The molecule has 0 saturated heterocycles. The molecule has 2 rings (SSSR count). The van der Waals surface area contributed by atoms with E-state index in [0.717, 1.165) is 22.4 Å². The second-order valence-electron chi connectivity index (χ2n) is 4.01. The molecule has 0 aliphatic carbocycles. The van der Waals surface area contributed by atoms with E-state index in [-0.39, 0.29) is 5.78 Å². The van der Waals surface area contributed by atoms with Crippen LogP contribution in [0.3, 0.4) is 0 Å². The first-order chi connectivity index (χ1) is 7.08. The summed E-state index contributed by atoms with van der Waals surface area (Å²) in [6.07, 6.45) is 1.93. The van der Waals surface area contributed by atoms with Gasteiger partial charge in [-0.15, -0.1) is 0 Å². The summed E-state index contributed by atoms with van der Waals surface area (Å²) in [7, 11) is 0. The smallest absolute Gasteiger partial charge is 0.159 e. The molecule has 0 N–H and O–H groups in total. The van der Waals surface area contributed by atoms with Crippen molar-refractivity contribution in [2.24, 2.45) is 0 Å². The average molecular weight is 202 g/mol. The van der Waals surface area contributed by atoms with Crippen molar-refractivity contribution in [1.29, 1.82) is 0 Å². The van der Waals surface area contributed by atoms with E-state index in [1.165, 1.54) is 5.56 Å². The Kier molecular flexibility index (Phi) is 2.35. The van der Waals surface area contributed by atoms with Crippen LogP contribution in [0.1, 0.15) is 23.6 Å². The Morgan fingerprint density at radius 1 is 1.33 bits per heavy atom. The molecule has 1 aliphatic heterocycles. The SMILES string of the molecule is CC(=O)C1=Cc2cc(C)cc(C)c2OC1. The molecule has 0 bridgehead atoms. The topological polar surface area (TPSA) is 26.3 Å². The molecular weight excluding hydrogens is 188 g/mol. The lowest BCUT2D eigenvalue weighted by Crippen LogP contribution is -2.13. The number of Topliss-reactive ketones (excluding diaryl/α,β-unsaturated/α-hetero) is 1. The van der Waals surface area contributed by atoms with Crippen LogP contribution in [0.15, 0.2) is 17.7 Å². The van der Waals surface area contributed by atoms with Crippen LogP contribution in [0.25, 0.3) is 6.08 Å². The predicted molar refractivity (Wildman–Crippen MR) is 60.1 cm³/mol. The highest BCUT2D eigenvalue weighted by molar-refractivity contribution is 5.99. The summed E-state index contributed by atoms with van der Waals surface area (Å²) in [6, 6.07) is 4.13. The van der Waals surface area contributed by atoms with Crippen molar-refractivity contribution in [3.63, 3.8) is 0 Å². The Balaban J connectivity index is 2.54. The number of aryl methyl sites for hydroxylation is 2. The fourth-order valence-corrected chi connectivity index (χ4v) is 1.87. The van der Waals surface area contributed by atoms with Gasteiger partial charge in [-0.2, -0.15) is 0 Å². The van der Waals surface area contributed by atoms with E-state index in [2.05, 4.69) is 6.07 Å². The van der Waals surface area contributed by atoms with Crippen LogP contribution in [-0.2, 0) is 4.79 Å². The molecule has 1 aliphatic rings. The molecule has 0 spiro atoms. The first-order valence-corrected chi connectivity index (χ1v) is 5.03. The van der Waals surface area contributed by atoms with Gasteiger partial charge in [-0.05, 0) is 38.5 Å². The summed E-state index contributed by atoms with van der Waals surface area (Å²) < 4.78 is 5.59. The number of carbonyl (C=O) groups is 1. The number of rotatable bonds is 1. The third-order valence-electron chi connectivity index (χ3n) is 2.60. The minimum Gasteiger partial charge on any atom is -0.488 e. The molecule has 1 aromatic rings. The number of hydrogen-bond acceptors (Lipinski definition) is 2. The second-order valence-corrected chi connectivity index (χ2v) is 4.01. The van der Waals surface area contributed by atoms with Crippen molar-refractivity contribution in [3.05, 3.63) is 34.4 Å². The minimum atomic E-state index is 0.0832. The first kappa shape index (κ1) is 9.97. The molecule has 0 aromatic heterocycles. The van der Waals surface area contributed by atoms with Gasteiger partial charge in [0, 0.05) is 11.1 Å². The van der Waals surface area contributed by atoms with Gasteiger partial charge in [0.25, 0.3) is 0 Å². The van der Waals surface area contributed by atoms with E-state index in [1.54, 1.807) is 6.92 Å². The summed E-state index contributed by atoms with van der Waals surface area (Å²) >= 11 is 0. The second kappa shape index (κ2) is 3.54. The predicted octanol–water partition coefficient (Wildman–Crippen LogP) is 2.67. The molecule has 0 saturated carbocycles. The monoisotopic (exact) mass is 202 g/mol. The molecule has 2 heteroatoms. The average Bonchev–Trinajstić information content (AvgIpc) is 2.16. The summed E-state index contributed by atoms with van der Waals surface area (Å²) in [4.78, 5) is 11.2. The Hall–Kier alpha value is -1.57. The highest BCUT2D eigenvalue weighted by Gasteiger charge is 2.16. The van der Waals surface area contributed by atoms with E-state index >= 15 is 0 Å². The van der Waals surface area contributed by atoms with E-state index < -0.39 is 0 Å². The molecule has 0 amide bonds. The third kappa shape index (κ3) is 1.80. The highest BCUT2D eigenvalue weighted by atomic mass is 16.5. The Morgan fingerprint density at radius 3 is 2.73 bits per heavy atom. The first-order valence-electron chi connectivity index (χ1n) is 5.03. The zero-order valence-electron chi connectivity index (χ0n) is 9.26. The molecule has 1 aromatic carbocycles. The van der Waals surface area contributed by atoms with Crippen molar-refractivity contribution in [2.75, 3.05) is 6.61 Å². The molecule has 78 valence electrons. The number of benzene rings is 1. The molecule has 1 heterocycles. The molecule has 0 radical (unpaired) electrons. The van der Waals surface area contributed by atoms with Gasteiger partial charge in [-0.3, -0.25) is 4.79 Å². The summed E-state index contributed by atoms with van der Waals surface area (Å²) in [5.74, 6) is 0.991. The standard InChI is InChI=1S/C13H14O2/c1-8-4-9(2)13-11(5-8)6-12(7-15-13)10(3)14/h4-6H,7H2,1-3H3. The lowest BCUT2D eigenvalue weighted by Gasteiger charge is -2.19. The van der Waals surface area contributed by atoms with E-state index in [4.69, 9.17) is 4.74 Å². The molecule has 0 atom stereocenters. The van der Waals surface area contributed by atoms with Crippen molar-refractivity contribution in [1.82, 2.24) is 0 Å². The number of carbonyl (C=O) groups excluding carboxylic acids is 1. The Labute approximate surface area is 89.6 Å². The van der Waals surface area contributed by atoms with Gasteiger partial charge in [-0.25, -0.2) is 0 Å². The van der Waals surface area contributed by atoms with Gasteiger partial charge in [0.2, 0.25) is 0 Å². The molecular formula is C13H14O2. The zero-order chi connectivity index (χ0) is 11.0. The summed E-state index contributed by atoms with van der Waals surface area (Å²) in [6.45, 7) is 6.04. The Bertz CT molecular complexity index is 456. The van der Waals surface area contributed by atoms with Crippen LogP contribution in [0.2, 0.25) is 0 Å². The van der Waals surface area contributed by atoms with Gasteiger partial charge < -0.3 is 4.74 Å². The van der Waals surface area contributed by atoms with Crippen molar-refractivity contribution in [2.45, 2.75) is 20.8 Å². The lowest BCUT2D eigenvalue weighted by molar-refractivity contribution is -0.113. The fourth-order valence-electron chi connectivity index (χ4n) is 1.87. The van der Waals surface area contributed by atoms with Gasteiger partial charge in [-0.1, -0.05) is 11.6 Å². The Morgan fingerprint density at radius 2 is 2.07 bits per heavy atom. The molecule has 0 fully saturated rings. The van der Waals surface area contributed by atoms with Gasteiger partial charge in [0.05, 0.1) is 0 Å². The minimum absolute atomic E-state index is 0.0832. The van der Waals surface area contributed by atoms with Crippen LogP contribution in [-0.4, -0.2) is 12.4 Å². The number of ether oxygens (including phenoxy) is 1. The van der Waals surface area contributed by atoms with E-state index in [1.807, 2.05) is 26.0 Å². The van der Waals surface area contributed by atoms with Crippen LogP contribution < -0.4 is 4.74 Å². The number of ketones is 1. The number of fused-ring (bicyclic) bond motifs is 1. The molecule has 15 heavy (non-hydrogen) atoms. The van der Waals surface area contributed by atoms with Gasteiger partial charge in [0.1, 0.15) is 12.4 Å². The van der Waals surface area contributed by atoms with Crippen molar-refractivity contribution >= 4 is 11.9 Å². The van der Waals surface area contributed by atoms with Crippen LogP contribution in [0, 0.1) is 13.8 Å². The maximum Gasteiger partial charge on any atom is 0.159 e. The highest BCUT2D eigenvalue weighted by Crippen LogP contribution is 2.31.